The number of carbonyl (C=O) groups excluding carboxylic acids is 2. The predicted octanol–water partition coefficient (Wildman–Crippen LogP) is 5.27. The van der Waals surface area contributed by atoms with Gasteiger partial charge in [0.25, 0.3) is 0 Å². The molecule has 238 valence electrons. The molecule has 0 unspecified atom stereocenters. The van der Waals surface area contributed by atoms with Crippen molar-refractivity contribution in [2.75, 3.05) is 33.4 Å². The molecule has 3 aromatic carbocycles. The van der Waals surface area contributed by atoms with Gasteiger partial charge < -0.3 is 14.2 Å². The number of ether oxygens (including phenoxy) is 3. The van der Waals surface area contributed by atoms with E-state index in [1.165, 1.54) is 7.11 Å². The number of piperidine rings is 1. The number of hydrogen-bond donors (Lipinski definition) is 0. The highest BCUT2D eigenvalue weighted by molar-refractivity contribution is 5.95. The molecule has 7 rings (SSSR count). The van der Waals surface area contributed by atoms with Gasteiger partial charge in [0.2, 0.25) is 0 Å². The number of rotatable bonds is 9. The van der Waals surface area contributed by atoms with Gasteiger partial charge in [-0.25, -0.2) is 9.07 Å². The van der Waals surface area contributed by atoms with Crippen LogP contribution in [0.3, 0.4) is 0 Å². The maximum atomic E-state index is 13.6. The van der Waals surface area contributed by atoms with Crippen LogP contribution in [0.25, 0.3) is 11.1 Å². The number of likely N-dealkylation sites (tertiary alicyclic amines) is 1. The van der Waals surface area contributed by atoms with Crippen LogP contribution in [-0.2, 0) is 32.0 Å². The van der Waals surface area contributed by atoms with Crippen molar-refractivity contribution in [1.82, 2.24) is 19.9 Å². The molecule has 9 nitrogen and oxygen atoms in total. The normalized spacial score (nSPS) is 18.6. The smallest absolute Gasteiger partial charge is 0.320 e. The molecule has 3 aliphatic rings. The Kier molecular flexibility index (Phi) is 8.53. The summed E-state index contributed by atoms with van der Waals surface area (Å²) in [6, 6.07) is 22.3. The van der Waals surface area contributed by atoms with Gasteiger partial charge in [-0.15, -0.1) is 5.10 Å². The average Bonchev–Trinajstić information content (AvgIpc) is 3.69. The zero-order chi connectivity index (χ0) is 31.6. The Hall–Kier alpha value is -4.57. The number of alkyl halides is 1. The summed E-state index contributed by atoms with van der Waals surface area (Å²) in [5.74, 6) is -1.81. The van der Waals surface area contributed by atoms with Crippen LogP contribution in [0.1, 0.15) is 59.2 Å². The fourth-order valence-electron chi connectivity index (χ4n) is 6.98. The third-order valence-corrected chi connectivity index (χ3v) is 9.42. The Labute approximate surface area is 267 Å². The summed E-state index contributed by atoms with van der Waals surface area (Å²) in [7, 11) is 1.26. The first-order chi connectivity index (χ1) is 22.5. The number of hydrogen-bond acceptors (Lipinski definition) is 8. The second-order valence-electron chi connectivity index (χ2n) is 12.3. The molecule has 1 aromatic heterocycles. The zero-order valence-electron chi connectivity index (χ0n) is 25.8. The van der Waals surface area contributed by atoms with E-state index >= 15 is 0 Å². The van der Waals surface area contributed by atoms with Gasteiger partial charge in [-0.1, -0.05) is 65.9 Å². The standard InChI is InChI=1S/C36H37FN4O5/c1-44-35(42)31(36(43)46-22-32-28-8-4-2-6-26(28)27-7-3-5-9-29(27)32)19-25-21-41(39-38-25)33-14-17-45-34-18-23(10-11-30(33)34)20-40-15-12-24(37)13-16-40/h2-11,18,21,24,31-33H,12-17,19-20,22H2,1H3/t31-,33-/m1/s1. The summed E-state index contributed by atoms with van der Waals surface area (Å²) < 4.78 is 32.2. The molecule has 1 saturated heterocycles. The van der Waals surface area contributed by atoms with Crippen molar-refractivity contribution in [3.8, 4) is 16.9 Å². The summed E-state index contributed by atoms with van der Waals surface area (Å²) in [4.78, 5) is 28.4. The number of methoxy groups -OCH3 is 1. The molecule has 2 aliphatic heterocycles. The minimum absolute atomic E-state index is 0.00787. The zero-order valence-corrected chi connectivity index (χ0v) is 25.8. The second-order valence-corrected chi connectivity index (χ2v) is 12.3. The first-order valence-electron chi connectivity index (χ1n) is 15.9. The average molecular weight is 625 g/mol. The van der Waals surface area contributed by atoms with Crippen LogP contribution in [-0.4, -0.2) is 71.4 Å². The fraction of sp³-hybridized carbons (Fsp3) is 0.389. The van der Waals surface area contributed by atoms with Crippen LogP contribution in [0.4, 0.5) is 4.39 Å². The highest BCUT2D eigenvalue weighted by Crippen LogP contribution is 2.44. The van der Waals surface area contributed by atoms with Crippen molar-refractivity contribution >= 4 is 11.9 Å². The number of aromatic nitrogens is 3. The van der Waals surface area contributed by atoms with E-state index in [4.69, 9.17) is 14.2 Å². The van der Waals surface area contributed by atoms with Crippen molar-refractivity contribution in [3.63, 3.8) is 0 Å². The molecular weight excluding hydrogens is 587 g/mol. The van der Waals surface area contributed by atoms with E-state index < -0.39 is 24.0 Å². The Morgan fingerprint density at radius 1 is 0.957 bits per heavy atom. The molecule has 0 spiro atoms. The Morgan fingerprint density at radius 3 is 2.39 bits per heavy atom. The lowest BCUT2D eigenvalue weighted by atomic mass is 9.97. The molecule has 0 saturated carbocycles. The van der Waals surface area contributed by atoms with Crippen LogP contribution in [0.15, 0.2) is 72.9 Å². The van der Waals surface area contributed by atoms with Gasteiger partial charge in [-0.05, 0) is 46.7 Å². The maximum absolute atomic E-state index is 13.6. The first-order valence-corrected chi connectivity index (χ1v) is 15.9. The first kappa shape index (κ1) is 30.1. The number of esters is 2. The van der Waals surface area contributed by atoms with Crippen molar-refractivity contribution < 1.29 is 28.2 Å². The quantitative estimate of drug-likeness (QED) is 0.184. The second kappa shape index (κ2) is 13.0. The lowest BCUT2D eigenvalue weighted by Gasteiger charge is -2.30. The van der Waals surface area contributed by atoms with E-state index in [1.807, 2.05) is 24.3 Å². The molecule has 3 heterocycles. The number of benzene rings is 3. The third-order valence-electron chi connectivity index (χ3n) is 9.42. The van der Waals surface area contributed by atoms with Gasteiger partial charge in [0.05, 0.1) is 25.5 Å². The maximum Gasteiger partial charge on any atom is 0.320 e. The minimum Gasteiger partial charge on any atom is -0.493 e. The van der Waals surface area contributed by atoms with Gasteiger partial charge in [0.15, 0.2) is 5.92 Å². The molecule has 0 radical (unpaired) electrons. The minimum atomic E-state index is -1.17. The molecule has 0 N–H and O–H groups in total. The fourth-order valence-corrected chi connectivity index (χ4v) is 6.98. The van der Waals surface area contributed by atoms with E-state index in [0.717, 1.165) is 58.8 Å². The van der Waals surface area contributed by atoms with Crippen LogP contribution >= 0.6 is 0 Å². The summed E-state index contributed by atoms with van der Waals surface area (Å²) in [5, 5.41) is 8.70. The Balaban J connectivity index is 1.03. The summed E-state index contributed by atoms with van der Waals surface area (Å²) in [6.07, 6.45) is 2.95. The lowest BCUT2D eigenvalue weighted by molar-refractivity contribution is -0.160. The predicted molar refractivity (Wildman–Crippen MR) is 168 cm³/mol. The van der Waals surface area contributed by atoms with Crippen molar-refractivity contribution in [1.29, 1.82) is 0 Å². The van der Waals surface area contributed by atoms with Gasteiger partial charge in [-0.2, -0.15) is 0 Å². The van der Waals surface area contributed by atoms with Crippen LogP contribution in [0, 0.1) is 5.92 Å². The lowest BCUT2D eigenvalue weighted by Crippen LogP contribution is -2.33. The summed E-state index contributed by atoms with van der Waals surface area (Å²) in [5.41, 5.74) is 7.06. The van der Waals surface area contributed by atoms with Gasteiger partial charge in [-0.3, -0.25) is 14.5 Å². The van der Waals surface area contributed by atoms with E-state index in [1.54, 1.807) is 10.9 Å². The van der Waals surface area contributed by atoms with E-state index in [2.05, 4.69) is 57.7 Å². The van der Waals surface area contributed by atoms with Gasteiger partial charge >= 0.3 is 11.9 Å². The van der Waals surface area contributed by atoms with Crippen LogP contribution < -0.4 is 4.74 Å². The Morgan fingerprint density at radius 2 is 1.67 bits per heavy atom. The molecule has 0 amide bonds. The van der Waals surface area contributed by atoms with E-state index in [0.29, 0.717) is 31.6 Å². The van der Waals surface area contributed by atoms with Crippen LogP contribution in [0.5, 0.6) is 5.75 Å². The van der Waals surface area contributed by atoms with E-state index in [-0.39, 0.29) is 25.0 Å². The van der Waals surface area contributed by atoms with Gasteiger partial charge in [0.1, 0.15) is 18.5 Å². The monoisotopic (exact) mass is 624 g/mol. The number of fused-ring (bicyclic) bond motifs is 4. The Bertz CT molecular complexity index is 1690. The van der Waals surface area contributed by atoms with Crippen molar-refractivity contribution in [3.05, 3.63) is 101 Å². The molecule has 10 heteroatoms. The van der Waals surface area contributed by atoms with Crippen molar-refractivity contribution in [2.24, 2.45) is 5.92 Å². The molecule has 0 bridgehead atoms. The molecule has 1 aliphatic carbocycles. The van der Waals surface area contributed by atoms with E-state index in [9.17, 15) is 14.0 Å². The molecule has 46 heavy (non-hydrogen) atoms. The third kappa shape index (κ3) is 6.01. The number of carbonyl (C=O) groups is 2. The highest BCUT2D eigenvalue weighted by Gasteiger charge is 2.34. The molecule has 2 atom stereocenters. The molecule has 1 fully saturated rings. The highest BCUT2D eigenvalue weighted by atomic mass is 19.1. The summed E-state index contributed by atoms with van der Waals surface area (Å²) >= 11 is 0. The SMILES string of the molecule is COC(=O)[C@@H](Cc1cn([C@@H]2CCOc3cc(CN4CCC(F)CC4)ccc32)nn1)C(=O)OCC1c2ccccc2-c2ccccc21. The van der Waals surface area contributed by atoms with Gasteiger partial charge in [0, 0.05) is 50.2 Å². The van der Waals surface area contributed by atoms with Crippen LogP contribution in [0.2, 0.25) is 0 Å². The largest absolute Gasteiger partial charge is 0.493 e. The molecule has 4 aromatic rings. The molecular formula is C36H37FN4O5. The van der Waals surface area contributed by atoms with Crippen molar-refractivity contribution in [2.45, 2.75) is 50.4 Å². The summed E-state index contributed by atoms with van der Waals surface area (Å²) in [6.45, 7) is 2.90. The number of halogens is 1. The topological polar surface area (TPSA) is 95.8 Å². The number of nitrogens with zero attached hydrogens (tertiary/aromatic N) is 4.